The molecular formula is C24H24N4O6. The Morgan fingerprint density at radius 1 is 1.26 bits per heavy atom. The zero-order valence-corrected chi connectivity index (χ0v) is 19.0. The van der Waals surface area contributed by atoms with Gasteiger partial charge in [0.05, 0.1) is 23.9 Å². The van der Waals surface area contributed by atoms with Crippen LogP contribution in [0.4, 0.5) is 5.69 Å². The maximum atomic E-state index is 11.1. The van der Waals surface area contributed by atoms with Crippen LogP contribution in [-0.2, 0) is 17.8 Å². The minimum atomic E-state index is -1.08. The molecule has 10 nitrogen and oxygen atoms in total. The predicted octanol–water partition coefficient (Wildman–Crippen LogP) is 4.37. The highest BCUT2D eigenvalue weighted by atomic mass is 16.6. The van der Waals surface area contributed by atoms with Gasteiger partial charge in [-0.2, -0.15) is 0 Å². The zero-order chi connectivity index (χ0) is 24.7. The summed E-state index contributed by atoms with van der Waals surface area (Å²) in [5.41, 5.74) is 3.37. The molecule has 0 aliphatic carbocycles. The molecule has 0 saturated heterocycles. The number of non-ortho nitro benzene ring substituents is 1. The monoisotopic (exact) mass is 464 g/mol. The molecule has 0 radical (unpaired) electrons. The third-order valence-corrected chi connectivity index (χ3v) is 4.80. The van der Waals surface area contributed by atoms with Crippen LogP contribution >= 0.6 is 0 Å². The Kier molecular flexibility index (Phi) is 7.75. The number of hydrogen-bond donors (Lipinski definition) is 1. The molecule has 2 aromatic carbocycles. The van der Waals surface area contributed by atoms with E-state index in [0.29, 0.717) is 34.9 Å². The first-order valence-electron chi connectivity index (χ1n) is 10.3. The number of aromatic nitrogens is 3. The molecule has 1 N–H and O–H groups in total. The van der Waals surface area contributed by atoms with E-state index in [2.05, 4.69) is 10.3 Å². The molecule has 0 bridgehead atoms. The van der Waals surface area contributed by atoms with Gasteiger partial charge in [-0.1, -0.05) is 22.9 Å². The molecule has 0 aliphatic rings. The molecule has 0 unspecified atom stereocenters. The summed E-state index contributed by atoms with van der Waals surface area (Å²) < 4.78 is 13.0. The Labute approximate surface area is 195 Å². The molecule has 0 atom stereocenters. The van der Waals surface area contributed by atoms with E-state index in [4.69, 9.17) is 14.6 Å². The summed E-state index contributed by atoms with van der Waals surface area (Å²) in [4.78, 5) is 21.6. The summed E-state index contributed by atoms with van der Waals surface area (Å²) in [6.45, 7) is 4.00. The van der Waals surface area contributed by atoms with Gasteiger partial charge in [0.1, 0.15) is 23.8 Å². The maximum Gasteiger partial charge on any atom is 0.328 e. The van der Waals surface area contributed by atoms with Crippen LogP contribution in [0.25, 0.3) is 11.8 Å². The van der Waals surface area contributed by atoms with Crippen LogP contribution in [0.5, 0.6) is 11.5 Å². The number of methoxy groups -OCH3 is 1. The molecule has 1 heterocycles. The molecule has 176 valence electrons. The highest BCUT2D eigenvalue weighted by Gasteiger charge is 2.16. The fraction of sp³-hybridized carbons (Fsp3) is 0.208. The third kappa shape index (κ3) is 6.06. The summed E-state index contributed by atoms with van der Waals surface area (Å²) >= 11 is 0. The van der Waals surface area contributed by atoms with Crippen LogP contribution in [0, 0.1) is 10.1 Å². The maximum absolute atomic E-state index is 11.1. The summed E-state index contributed by atoms with van der Waals surface area (Å²) in [6, 6.07) is 9.53. The van der Waals surface area contributed by atoms with Crippen molar-refractivity contribution >= 4 is 17.7 Å². The SMILES string of the molecule is COc1ccc(/C=C\C(=O)O)c(OCc2cn(-c3cccc([N+](=O)[O-])c3)nn2)c1CC=C(C)C. The highest BCUT2D eigenvalue weighted by Crippen LogP contribution is 2.35. The number of nitro groups is 1. The van der Waals surface area contributed by atoms with Crippen LogP contribution in [0.2, 0.25) is 0 Å². The fourth-order valence-corrected chi connectivity index (χ4v) is 3.17. The van der Waals surface area contributed by atoms with Crippen LogP contribution in [0.1, 0.15) is 30.7 Å². The number of hydrogen-bond acceptors (Lipinski definition) is 7. The lowest BCUT2D eigenvalue weighted by Gasteiger charge is -2.16. The largest absolute Gasteiger partial charge is 0.496 e. The normalized spacial score (nSPS) is 10.8. The molecule has 0 amide bonds. The Morgan fingerprint density at radius 3 is 2.74 bits per heavy atom. The summed E-state index contributed by atoms with van der Waals surface area (Å²) in [6.07, 6.45) is 6.66. The molecule has 34 heavy (non-hydrogen) atoms. The van der Waals surface area contributed by atoms with Gasteiger partial charge < -0.3 is 14.6 Å². The number of carbonyl (C=O) groups is 1. The number of nitrogens with zero attached hydrogens (tertiary/aromatic N) is 4. The van der Waals surface area contributed by atoms with E-state index in [1.807, 2.05) is 19.9 Å². The molecule has 3 aromatic rings. The van der Waals surface area contributed by atoms with Crippen molar-refractivity contribution in [2.24, 2.45) is 0 Å². The van der Waals surface area contributed by atoms with Crippen LogP contribution in [0.3, 0.4) is 0 Å². The molecule has 1 aromatic heterocycles. The number of benzene rings is 2. The highest BCUT2D eigenvalue weighted by molar-refractivity contribution is 5.86. The fourth-order valence-electron chi connectivity index (χ4n) is 3.17. The molecule has 10 heteroatoms. The quantitative estimate of drug-likeness (QED) is 0.203. The number of carboxylic acids is 1. The first-order chi connectivity index (χ1) is 16.3. The van der Waals surface area contributed by atoms with Gasteiger partial charge in [-0.15, -0.1) is 5.10 Å². The van der Waals surface area contributed by atoms with E-state index in [1.165, 1.54) is 22.9 Å². The standard InChI is InChI=1S/C24H24N4O6/c1-16(2)7-10-21-22(33-3)11-8-17(9-12-23(29)30)24(21)34-15-18-14-27(26-25-18)19-5-4-6-20(13-19)28(31)32/h4-9,11-14H,10,15H2,1-3H3,(H,29,30)/b12-9-. The molecular weight excluding hydrogens is 440 g/mol. The van der Waals surface area contributed by atoms with Crippen molar-refractivity contribution in [2.45, 2.75) is 26.9 Å². The molecule has 3 rings (SSSR count). The lowest BCUT2D eigenvalue weighted by molar-refractivity contribution is -0.384. The Morgan fingerprint density at radius 2 is 2.06 bits per heavy atom. The van der Waals surface area contributed by atoms with E-state index >= 15 is 0 Å². The van der Waals surface area contributed by atoms with Crippen molar-refractivity contribution in [3.63, 3.8) is 0 Å². The molecule has 0 fully saturated rings. The van der Waals surface area contributed by atoms with Crippen molar-refractivity contribution in [2.75, 3.05) is 7.11 Å². The number of nitro benzene ring substituents is 1. The summed E-state index contributed by atoms with van der Waals surface area (Å²) in [5.74, 6) is 0.00647. The lowest BCUT2D eigenvalue weighted by atomic mass is 10.0. The first-order valence-corrected chi connectivity index (χ1v) is 10.3. The van der Waals surface area contributed by atoms with E-state index in [0.717, 1.165) is 17.2 Å². The van der Waals surface area contributed by atoms with E-state index in [-0.39, 0.29) is 12.3 Å². The minimum Gasteiger partial charge on any atom is -0.496 e. The second kappa shape index (κ2) is 10.9. The van der Waals surface area contributed by atoms with Crippen molar-refractivity contribution in [3.8, 4) is 17.2 Å². The predicted molar refractivity (Wildman–Crippen MR) is 125 cm³/mol. The Bertz CT molecular complexity index is 1260. The van der Waals surface area contributed by atoms with E-state index in [9.17, 15) is 14.9 Å². The van der Waals surface area contributed by atoms with Crippen molar-refractivity contribution in [1.29, 1.82) is 0 Å². The van der Waals surface area contributed by atoms with Crippen molar-refractivity contribution in [3.05, 3.63) is 87.3 Å². The van der Waals surface area contributed by atoms with Gasteiger partial charge in [-0.05, 0) is 44.5 Å². The third-order valence-electron chi connectivity index (χ3n) is 4.80. The number of allylic oxidation sites excluding steroid dienone is 2. The van der Waals surface area contributed by atoms with Gasteiger partial charge >= 0.3 is 5.97 Å². The van der Waals surface area contributed by atoms with Crippen LogP contribution in [-0.4, -0.2) is 38.1 Å². The zero-order valence-electron chi connectivity index (χ0n) is 19.0. The van der Waals surface area contributed by atoms with E-state index < -0.39 is 10.9 Å². The minimum absolute atomic E-state index is 0.0395. The summed E-state index contributed by atoms with van der Waals surface area (Å²) in [7, 11) is 1.56. The second-order valence-corrected chi connectivity index (χ2v) is 7.54. The summed E-state index contributed by atoms with van der Waals surface area (Å²) in [5, 5.41) is 28.2. The number of ether oxygens (including phenoxy) is 2. The molecule has 0 aliphatic heterocycles. The topological polar surface area (TPSA) is 130 Å². The smallest absolute Gasteiger partial charge is 0.328 e. The number of rotatable bonds is 10. The van der Waals surface area contributed by atoms with Gasteiger partial charge in [0, 0.05) is 29.3 Å². The van der Waals surface area contributed by atoms with Gasteiger partial charge in [-0.3, -0.25) is 10.1 Å². The number of carboxylic acid groups (broad SMARTS) is 1. The van der Waals surface area contributed by atoms with Gasteiger partial charge in [0.15, 0.2) is 0 Å². The van der Waals surface area contributed by atoms with Crippen molar-refractivity contribution in [1.82, 2.24) is 15.0 Å². The van der Waals surface area contributed by atoms with Crippen molar-refractivity contribution < 1.29 is 24.3 Å². The first kappa shape index (κ1) is 24.2. The Hall–Kier alpha value is -4.47. The van der Waals surface area contributed by atoms with Gasteiger partial charge in [0.2, 0.25) is 0 Å². The van der Waals surface area contributed by atoms with E-state index in [1.54, 1.807) is 37.6 Å². The average Bonchev–Trinajstić information content (AvgIpc) is 3.29. The Balaban J connectivity index is 1.92. The number of aliphatic carboxylic acids is 1. The lowest BCUT2D eigenvalue weighted by Crippen LogP contribution is -2.03. The second-order valence-electron chi connectivity index (χ2n) is 7.54. The van der Waals surface area contributed by atoms with Crippen LogP contribution in [0.15, 0.2) is 60.3 Å². The van der Waals surface area contributed by atoms with Gasteiger partial charge in [0.25, 0.3) is 5.69 Å². The molecule has 0 spiro atoms. The van der Waals surface area contributed by atoms with Crippen LogP contribution < -0.4 is 9.47 Å². The average molecular weight is 464 g/mol. The van der Waals surface area contributed by atoms with Gasteiger partial charge in [-0.25, -0.2) is 9.48 Å². The molecule has 0 saturated carbocycles.